The molecule has 0 bridgehead atoms. The van der Waals surface area contributed by atoms with Crippen molar-refractivity contribution in [3.8, 4) is 0 Å². The summed E-state index contributed by atoms with van der Waals surface area (Å²) >= 11 is 0. The molecule has 0 aliphatic heterocycles. The summed E-state index contributed by atoms with van der Waals surface area (Å²) in [5.41, 5.74) is 5.49. The van der Waals surface area contributed by atoms with Gasteiger partial charge in [-0.1, -0.05) is 17.7 Å². The largest absolute Gasteiger partial charge is 0.340 e. The van der Waals surface area contributed by atoms with Gasteiger partial charge < -0.3 is 5.32 Å². The molecule has 0 saturated carbocycles. The first-order chi connectivity index (χ1) is 8.17. The summed E-state index contributed by atoms with van der Waals surface area (Å²) in [6, 6.07) is 9.95. The summed E-state index contributed by atoms with van der Waals surface area (Å²) in [4.78, 5) is 8.33. The highest BCUT2D eigenvalue weighted by molar-refractivity contribution is 5.57. The number of hydrazine groups is 1. The number of nitrogens with two attached hydrogens (primary N) is 1. The molecule has 1 heterocycles. The Morgan fingerprint density at radius 1 is 1.06 bits per heavy atom. The van der Waals surface area contributed by atoms with Crippen molar-refractivity contribution in [3.05, 3.63) is 41.6 Å². The number of hydrogen-bond donors (Lipinski definition) is 3. The van der Waals surface area contributed by atoms with Crippen LogP contribution in [0.25, 0.3) is 0 Å². The van der Waals surface area contributed by atoms with Crippen LogP contribution in [0.1, 0.15) is 11.3 Å². The Balaban J connectivity index is 2.23. The van der Waals surface area contributed by atoms with Crippen LogP contribution in [0, 0.1) is 13.8 Å². The summed E-state index contributed by atoms with van der Waals surface area (Å²) in [5.74, 6) is 6.42. The Kier molecular flexibility index (Phi) is 3.20. The number of aryl methyl sites for hydroxylation is 2. The summed E-state index contributed by atoms with van der Waals surface area (Å²) in [6.07, 6.45) is 0. The lowest BCUT2D eigenvalue weighted by molar-refractivity contribution is 1.07. The lowest BCUT2D eigenvalue weighted by Gasteiger charge is -2.08. The monoisotopic (exact) mass is 229 g/mol. The minimum absolute atomic E-state index is 0.402. The fourth-order valence-electron chi connectivity index (χ4n) is 1.48. The summed E-state index contributed by atoms with van der Waals surface area (Å²) < 4.78 is 0. The molecule has 0 saturated heterocycles. The molecule has 0 aliphatic carbocycles. The average Bonchev–Trinajstić information content (AvgIpc) is 2.31. The summed E-state index contributed by atoms with van der Waals surface area (Å²) in [6.45, 7) is 3.94. The Labute approximate surface area is 100 Å². The number of aromatic nitrogens is 2. The molecule has 2 rings (SSSR count). The molecule has 5 nitrogen and oxygen atoms in total. The molecule has 0 spiro atoms. The second-order valence-corrected chi connectivity index (χ2v) is 3.85. The number of nitrogens with zero attached hydrogens (tertiary/aromatic N) is 2. The van der Waals surface area contributed by atoms with Crippen molar-refractivity contribution in [2.75, 3.05) is 10.7 Å². The van der Waals surface area contributed by atoms with Gasteiger partial charge in [0.1, 0.15) is 5.82 Å². The van der Waals surface area contributed by atoms with Crippen molar-refractivity contribution in [1.29, 1.82) is 0 Å². The van der Waals surface area contributed by atoms with Crippen LogP contribution in [-0.4, -0.2) is 9.97 Å². The maximum atomic E-state index is 5.30. The number of anilines is 3. The zero-order valence-electron chi connectivity index (χ0n) is 9.86. The van der Waals surface area contributed by atoms with Gasteiger partial charge in [0.25, 0.3) is 0 Å². The predicted octanol–water partition coefficient (Wildman–Crippen LogP) is 2.12. The standard InChI is InChI=1S/C12H15N5/c1-8-3-5-10(6-4-8)15-11-7-9(2)14-12(16-11)17-13/h3-7H,13H2,1-2H3,(H2,14,15,16,17). The molecule has 4 N–H and O–H groups in total. The van der Waals surface area contributed by atoms with Crippen molar-refractivity contribution >= 4 is 17.5 Å². The highest BCUT2D eigenvalue weighted by atomic mass is 15.3. The van der Waals surface area contributed by atoms with Gasteiger partial charge in [0, 0.05) is 17.4 Å². The quantitative estimate of drug-likeness (QED) is 0.555. The molecule has 0 aliphatic rings. The zero-order valence-corrected chi connectivity index (χ0v) is 9.86. The average molecular weight is 229 g/mol. The first kappa shape index (κ1) is 11.3. The molecule has 1 aromatic carbocycles. The van der Waals surface area contributed by atoms with E-state index in [9.17, 15) is 0 Å². The number of benzene rings is 1. The Hall–Kier alpha value is -2.14. The topological polar surface area (TPSA) is 75.9 Å². The number of hydrogen-bond acceptors (Lipinski definition) is 5. The lowest BCUT2D eigenvalue weighted by atomic mass is 10.2. The molecule has 1 aromatic heterocycles. The van der Waals surface area contributed by atoms with Gasteiger partial charge in [-0.15, -0.1) is 0 Å². The van der Waals surface area contributed by atoms with Crippen LogP contribution in [0.4, 0.5) is 17.5 Å². The third-order valence-electron chi connectivity index (χ3n) is 2.31. The van der Waals surface area contributed by atoms with Gasteiger partial charge in [0.05, 0.1) is 0 Å². The van der Waals surface area contributed by atoms with E-state index in [2.05, 4.69) is 27.6 Å². The highest BCUT2D eigenvalue weighted by Gasteiger charge is 2.01. The molecule has 2 aromatic rings. The van der Waals surface area contributed by atoms with Gasteiger partial charge in [-0.2, -0.15) is 4.98 Å². The smallest absolute Gasteiger partial charge is 0.239 e. The molecule has 5 heteroatoms. The minimum Gasteiger partial charge on any atom is -0.340 e. The fourth-order valence-corrected chi connectivity index (χ4v) is 1.48. The van der Waals surface area contributed by atoms with E-state index in [1.54, 1.807) is 0 Å². The van der Waals surface area contributed by atoms with E-state index in [-0.39, 0.29) is 0 Å². The van der Waals surface area contributed by atoms with Gasteiger partial charge in [0.2, 0.25) is 5.95 Å². The van der Waals surface area contributed by atoms with Crippen LogP contribution >= 0.6 is 0 Å². The molecular formula is C12H15N5. The van der Waals surface area contributed by atoms with Gasteiger partial charge in [-0.3, -0.25) is 5.43 Å². The Morgan fingerprint density at radius 2 is 1.76 bits per heavy atom. The van der Waals surface area contributed by atoms with Crippen molar-refractivity contribution < 1.29 is 0 Å². The molecule has 0 amide bonds. The maximum Gasteiger partial charge on any atom is 0.239 e. The Bertz CT molecular complexity index is 507. The van der Waals surface area contributed by atoms with E-state index in [4.69, 9.17) is 5.84 Å². The van der Waals surface area contributed by atoms with Crippen LogP contribution < -0.4 is 16.6 Å². The maximum absolute atomic E-state index is 5.30. The van der Waals surface area contributed by atoms with Gasteiger partial charge in [-0.25, -0.2) is 10.8 Å². The molecule has 0 atom stereocenters. The van der Waals surface area contributed by atoms with Crippen molar-refractivity contribution in [2.24, 2.45) is 5.84 Å². The predicted molar refractivity (Wildman–Crippen MR) is 69.0 cm³/mol. The summed E-state index contributed by atoms with van der Waals surface area (Å²) in [7, 11) is 0. The fraction of sp³-hybridized carbons (Fsp3) is 0.167. The first-order valence-corrected chi connectivity index (χ1v) is 5.33. The van der Waals surface area contributed by atoms with E-state index in [1.807, 2.05) is 37.3 Å². The normalized spacial score (nSPS) is 10.1. The first-order valence-electron chi connectivity index (χ1n) is 5.33. The van der Waals surface area contributed by atoms with E-state index in [0.29, 0.717) is 11.8 Å². The van der Waals surface area contributed by atoms with Crippen molar-refractivity contribution in [1.82, 2.24) is 9.97 Å². The van der Waals surface area contributed by atoms with Gasteiger partial charge in [-0.05, 0) is 26.0 Å². The van der Waals surface area contributed by atoms with Crippen molar-refractivity contribution in [2.45, 2.75) is 13.8 Å². The number of nitrogen functional groups attached to an aromatic ring is 1. The van der Waals surface area contributed by atoms with E-state index < -0.39 is 0 Å². The van der Waals surface area contributed by atoms with Crippen LogP contribution in [-0.2, 0) is 0 Å². The van der Waals surface area contributed by atoms with Crippen LogP contribution in [0.2, 0.25) is 0 Å². The lowest BCUT2D eigenvalue weighted by Crippen LogP contribution is -2.11. The van der Waals surface area contributed by atoms with Gasteiger partial charge in [0.15, 0.2) is 0 Å². The SMILES string of the molecule is Cc1ccc(Nc2cc(C)nc(NN)n2)cc1. The Morgan fingerprint density at radius 3 is 2.41 bits per heavy atom. The molecule has 0 radical (unpaired) electrons. The molecule has 88 valence electrons. The molecule has 0 unspecified atom stereocenters. The summed E-state index contributed by atoms with van der Waals surface area (Å²) in [5, 5.41) is 3.20. The van der Waals surface area contributed by atoms with E-state index in [1.165, 1.54) is 5.56 Å². The van der Waals surface area contributed by atoms with Crippen LogP contribution in [0.15, 0.2) is 30.3 Å². The van der Waals surface area contributed by atoms with E-state index >= 15 is 0 Å². The zero-order chi connectivity index (χ0) is 12.3. The number of nitrogens with one attached hydrogen (secondary N) is 2. The second-order valence-electron chi connectivity index (χ2n) is 3.85. The highest BCUT2D eigenvalue weighted by Crippen LogP contribution is 2.16. The molecule has 0 fully saturated rings. The van der Waals surface area contributed by atoms with E-state index in [0.717, 1.165) is 11.4 Å². The van der Waals surface area contributed by atoms with Crippen molar-refractivity contribution in [3.63, 3.8) is 0 Å². The molecule has 17 heavy (non-hydrogen) atoms. The van der Waals surface area contributed by atoms with Crippen LogP contribution in [0.3, 0.4) is 0 Å². The third-order valence-corrected chi connectivity index (χ3v) is 2.31. The van der Waals surface area contributed by atoms with Crippen LogP contribution in [0.5, 0.6) is 0 Å². The van der Waals surface area contributed by atoms with Gasteiger partial charge >= 0.3 is 0 Å². The third kappa shape index (κ3) is 2.92. The second kappa shape index (κ2) is 4.80. The molecular weight excluding hydrogens is 214 g/mol. The minimum atomic E-state index is 0.402. The number of rotatable bonds is 3.